The summed E-state index contributed by atoms with van der Waals surface area (Å²) in [7, 11) is 1.57. The van der Waals surface area contributed by atoms with Gasteiger partial charge in [-0.2, -0.15) is 5.10 Å². The first kappa shape index (κ1) is 22.4. The zero-order chi connectivity index (χ0) is 21.8. The number of nitrogens with zero attached hydrogens (tertiary/aromatic N) is 1. The third kappa shape index (κ3) is 7.97. The Hall–Kier alpha value is -3.94. The van der Waals surface area contributed by atoms with E-state index < -0.39 is 17.8 Å². The number of carboxylic acids is 1. The Kier molecular flexibility index (Phi) is 8.79. The number of hydrazone groups is 1. The number of rotatable bonds is 10. The van der Waals surface area contributed by atoms with Gasteiger partial charge in [-0.3, -0.25) is 9.59 Å². The molecule has 8 nitrogen and oxygen atoms in total. The van der Waals surface area contributed by atoms with Crippen molar-refractivity contribution >= 4 is 29.6 Å². The highest BCUT2D eigenvalue weighted by Gasteiger charge is 2.06. The Labute approximate surface area is 174 Å². The van der Waals surface area contributed by atoms with Gasteiger partial charge in [0, 0.05) is 12.0 Å². The Morgan fingerprint density at radius 3 is 2.37 bits per heavy atom. The van der Waals surface area contributed by atoms with Gasteiger partial charge >= 0.3 is 0 Å². The molecule has 156 valence electrons. The van der Waals surface area contributed by atoms with Gasteiger partial charge < -0.3 is 20.0 Å². The number of amides is 2. The van der Waals surface area contributed by atoms with Gasteiger partial charge in [0.05, 0.1) is 19.4 Å². The van der Waals surface area contributed by atoms with E-state index in [2.05, 4.69) is 15.8 Å². The van der Waals surface area contributed by atoms with Gasteiger partial charge in [0.2, 0.25) is 5.91 Å². The number of ether oxygens (including phenoxy) is 1. The third-order valence-corrected chi connectivity index (χ3v) is 3.95. The SMILES string of the molecule is COc1ccc(/C=C/C(=O)NCC(=O)N/N=C(\CCC(=O)[O-])c2ccccc2)cc1. The van der Waals surface area contributed by atoms with E-state index in [0.717, 1.165) is 5.56 Å². The Bertz CT molecular complexity index is 922. The largest absolute Gasteiger partial charge is 0.550 e. The monoisotopic (exact) mass is 408 g/mol. The third-order valence-electron chi connectivity index (χ3n) is 3.95. The summed E-state index contributed by atoms with van der Waals surface area (Å²) in [6.07, 6.45) is 2.80. The zero-order valence-corrected chi connectivity index (χ0v) is 16.5. The van der Waals surface area contributed by atoms with Crippen molar-refractivity contribution in [2.45, 2.75) is 12.8 Å². The van der Waals surface area contributed by atoms with E-state index in [1.54, 1.807) is 61.7 Å². The van der Waals surface area contributed by atoms with Crippen molar-refractivity contribution in [2.24, 2.45) is 5.10 Å². The van der Waals surface area contributed by atoms with Crippen molar-refractivity contribution in [1.82, 2.24) is 10.7 Å². The highest BCUT2D eigenvalue weighted by molar-refractivity contribution is 6.02. The van der Waals surface area contributed by atoms with E-state index in [0.29, 0.717) is 17.0 Å². The number of carbonyl (C=O) groups is 3. The lowest BCUT2D eigenvalue weighted by Crippen LogP contribution is -2.34. The minimum Gasteiger partial charge on any atom is -0.550 e. The van der Waals surface area contributed by atoms with Gasteiger partial charge in [-0.25, -0.2) is 5.43 Å². The zero-order valence-electron chi connectivity index (χ0n) is 16.5. The van der Waals surface area contributed by atoms with Crippen molar-refractivity contribution in [3.05, 3.63) is 71.8 Å². The number of benzene rings is 2. The van der Waals surface area contributed by atoms with E-state index >= 15 is 0 Å². The van der Waals surface area contributed by atoms with Crippen LogP contribution < -0.4 is 20.6 Å². The van der Waals surface area contributed by atoms with E-state index in [4.69, 9.17) is 4.74 Å². The van der Waals surface area contributed by atoms with Crippen molar-refractivity contribution in [3.8, 4) is 5.75 Å². The van der Waals surface area contributed by atoms with Crippen LogP contribution >= 0.6 is 0 Å². The van der Waals surface area contributed by atoms with Crippen LogP contribution in [0.3, 0.4) is 0 Å². The molecular formula is C22H22N3O5-. The maximum Gasteiger partial charge on any atom is 0.259 e. The van der Waals surface area contributed by atoms with Crippen molar-refractivity contribution in [1.29, 1.82) is 0 Å². The summed E-state index contributed by atoms with van der Waals surface area (Å²) in [5.74, 6) is -1.47. The molecule has 0 aromatic heterocycles. The molecule has 30 heavy (non-hydrogen) atoms. The molecule has 0 heterocycles. The summed E-state index contributed by atoms with van der Waals surface area (Å²) < 4.78 is 5.06. The minimum absolute atomic E-state index is 0.101. The number of aliphatic carboxylic acids is 1. The second-order valence-corrected chi connectivity index (χ2v) is 6.16. The van der Waals surface area contributed by atoms with Crippen LogP contribution in [-0.2, 0) is 14.4 Å². The van der Waals surface area contributed by atoms with Crippen LogP contribution in [-0.4, -0.2) is 37.1 Å². The standard InChI is InChI=1S/C22H23N3O5/c1-30-18-10-7-16(8-11-18)9-13-20(26)23-15-21(27)25-24-19(12-14-22(28)29)17-5-3-2-4-6-17/h2-11,13H,12,14-15H2,1H3,(H,23,26)(H,25,27)(H,28,29)/p-1/b13-9+,24-19+. The fourth-order valence-corrected chi connectivity index (χ4v) is 2.40. The molecule has 2 rings (SSSR count). The molecule has 0 spiro atoms. The van der Waals surface area contributed by atoms with Gasteiger partial charge in [0.1, 0.15) is 5.75 Å². The Morgan fingerprint density at radius 1 is 1.03 bits per heavy atom. The summed E-state index contributed by atoms with van der Waals surface area (Å²) in [6, 6.07) is 16.0. The average molecular weight is 408 g/mol. The van der Waals surface area contributed by atoms with Crippen LogP contribution in [0.2, 0.25) is 0 Å². The average Bonchev–Trinajstić information content (AvgIpc) is 2.77. The fourth-order valence-electron chi connectivity index (χ4n) is 2.40. The predicted octanol–water partition coefficient (Wildman–Crippen LogP) is 0.875. The van der Waals surface area contributed by atoms with Gasteiger partial charge in [-0.05, 0) is 42.2 Å². The molecule has 0 saturated heterocycles. The number of carbonyl (C=O) groups excluding carboxylic acids is 3. The molecule has 0 bridgehead atoms. The molecule has 0 unspecified atom stereocenters. The number of hydrogen-bond acceptors (Lipinski definition) is 6. The van der Waals surface area contributed by atoms with E-state index in [9.17, 15) is 19.5 Å². The molecular weight excluding hydrogens is 386 g/mol. The number of nitrogens with one attached hydrogen (secondary N) is 2. The number of carboxylic acid groups (broad SMARTS) is 1. The quantitative estimate of drug-likeness (QED) is 0.343. The van der Waals surface area contributed by atoms with Crippen LogP contribution in [0.4, 0.5) is 0 Å². The molecule has 0 radical (unpaired) electrons. The van der Waals surface area contributed by atoms with Gasteiger partial charge in [0.15, 0.2) is 0 Å². The van der Waals surface area contributed by atoms with Crippen LogP contribution in [0.25, 0.3) is 6.08 Å². The molecule has 2 N–H and O–H groups in total. The van der Waals surface area contributed by atoms with E-state index in [-0.39, 0.29) is 19.4 Å². The summed E-state index contributed by atoms with van der Waals surface area (Å²) in [4.78, 5) is 34.6. The Balaban J connectivity index is 1.87. The minimum atomic E-state index is -1.21. The second kappa shape index (κ2) is 11.8. The maximum atomic E-state index is 12.0. The number of hydrogen-bond donors (Lipinski definition) is 2. The Morgan fingerprint density at radius 2 is 1.73 bits per heavy atom. The summed E-state index contributed by atoms with van der Waals surface area (Å²) >= 11 is 0. The van der Waals surface area contributed by atoms with Crippen molar-refractivity contribution in [3.63, 3.8) is 0 Å². The van der Waals surface area contributed by atoms with E-state index in [1.165, 1.54) is 6.08 Å². The van der Waals surface area contributed by atoms with Gasteiger partial charge in [-0.1, -0.05) is 42.5 Å². The first-order valence-electron chi connectivity index (χ1n) is 9.18. The van der Waals surface area contributed by atoms with Crippen LogP contribution in [0.5, 0.6) is 5.75 Å². The van der Waals surface area contributed by atoms with Crippen LogP contribution in [0, 0.1) is 0 Å². The molecule has 2 amide bonds. The van der Waals surface area contributed by atoms with Crippen molar-refractivity contribution < 1.29 is 24.2 Å². The molecule has 2 aromatic carbocycles. The highest BCUT2D eigenvalue weighted by Crippen LogP contribution is 2.12. The molecule has 0 fully saturated rings. The van der Waals surface area contributed by atoms with Crippen molar-refractivity contribution in [2.75, 3.05) is 13.7 Å². The lowest BCUT2D eigenvalue weighted by Gasteiger charge is -2.08. The maximum absolute atomic E-state index is 12.0. The predicted molar refractivity (Wildman–Crippen MR) is 110 cm³/mol. The lowest BCUT2D eigenvalue weighted by molar-refractivity contribution is -0.305. The fraction of sp³-hybridized carbons (Fsp3) is 0.182. The smallest absolute Gasteiger partial charge is 0.259 e. The molecule has 8 heteroatoms. The number of methoxy groups -OCH3 is 1. The molecule has 0 saturated carbocycles. The molecule has 0 aliphatic rings. The van der Waals surface area contributed by atoms with Gasteiger partial charge in [0.25, 0.3) is 5.91 Å². The molecule has 0 atom stereocenters. The van der Waals surface area contributed by atoms with Crippen LogP contribution in [0.15, 0.2) is 65.8 Å². The first-order valence-corrected chi connectivity index (χ1v) is 9.18. The summed E-state index contributed by atoms with van der Waals surface area (Å²) in [6.45, 7) is -0.280. The topological polar surface area (TPSA) is 120 Å². The highest BCUT2D eigenvalue weighted by atomic mass is 16.5. The summed E-state index contributed by atoms with van der Waals surface area (Å²) in [5.41, 5.74) is 4.22. The molecule has 0 aliphatic carbocycles. The van der Waals surface area contributed by atoms with Crippen LogP contribution in [0.1, 0.15) is 24.0 Å². The summed E-state index contributed by atoms with van der Waals surface area (Å²) in [5, 5.41) is 17.2. The second-order valence-electron chi connectivity index (χ2n) is 6.16. The molecule has 2 aromatic rings. The van der Waals surface area contributed by atoms with Gasteiger partial charge in [-0.15, -0.1) is 0 Å². The first-order chi connectivity index (χ1) is 14.5. The lowest BCUT2D eigenvalue weighted by atomic mass is 10.1. The normalized spacial score (nSPS) is 11.2. The molecule has 0 aliphatic heterocycles. The van der Waals surface area contributed by atoms with E-state index in [1.807, 2.05) is 6.07 Å².